The number of anilines is 3. The normalized spacial score (nSPS) is 24.1. The molecule has 0 radical (unpaired) electrons. The number of benzene rings is 1. The van der Waals surface area contributed by atoms with Gasteiger partial charge >= 0.3 is 0 Å². The third-order valence-corrected chi connectivity index (χ3v) is 9.29. The molecule has 1 aliphatic carbocycles. The summed E-state index contributed by atoms with van der Waals surface area (Å²) in [6.07, 6.45) is 2.93. The van der Waals surface area contributed by atoms with E-state index < -0.39 is 6.17 Å². The van der Waals surface area contributed by atoms with Crippen molar-refractivity contribution < 1.29 is 13.6 Å². The Balaban J connectivity index is 1.33. The second kappa shape index (κ2) is 11.5. The Hall–Kier alpha value is -3.78. The lowest BCUT2D eigenvalue weighted by Gasteiger charge is -2.45. The predicted octanol–water partition coefficient (Wildman–Crippen LogP) is 2.74. The molecule has 2 saturated heterocycles. The SMILES string of the molecule is C=CC(=O)N1CCN(c2nc(N3CC(N(C)C)C3)nc3c2CC[C@H](N2C[C@@H](F)Cc4ccc(F)cc42)C3)C[C@@H]1CC#N. The van der Waals surface area contributed by atoms with Crippen LogP contribution in [0, 0.1) is 17.1 Å². The summed E-state index contributed by atoms with van der Waals surface area (Å²) >= 11 is 0. The van der Waals surface area contributed by atoms with Gasteiger partial charge in [-0.2, -0.15) is 10.2 Å². The highest BCUT2D eigenvalue weighted by molar-refractivity contribution is 5.87. The average Bonchev–Trinajstić information content (AvgIpc) is 2.95. The minimum absolute atomic E-state index is 0.00786. The molecule has 4 heterocycles. The Morgan fingerprint density at radius 2 is 1.98 bits per heavy atom. The van der Waals surface area contributed by atoms with E-state index in [-0.39, 0.29) is 36.8 Å². The standard InChI is InChI=1S/C31H38F2N8O/c1-4-29(42)40-12-11-38(17-24(40)9-10-34)30-26-8-7-23(41-16-22(33)13-20-5-6-21(32)14-28(20)41)15-27(26)35-31(36-30)39-18-25(19-39)37(2)3/h4-6,14,22-25H,1,7-9,11-13,15-19H2,2-3H3/t22-,23-,24-/m0/s1. The van der Waals surface area contributed by atoms with E-state index in [2.05, 4.69) is 41.4 Å². The van der Waals surface area contributed by atoms with Gasteiger partial charge in [-0.1, -0.05) is 12.6 Å². The molecule has 2 aromatic rings. The summed E-state index contributed by atoms with van der Waals surface area (Å²) in [6, 6.07) is 7.05. The number of fused-ring (bicyclic) bond motifs is 2. The van der Waals surface area contributed by atoms with Gasteiger partial charge < -0.3 is 24.5 Å². The van der Waals surface area contributed by atoms with E-state index in [0.29, 0.717) is 50.9 Å². The van der Waals surface area contributed by atoms with Gasteiger partial charge in [-0.25, -0.2) is 13.8 Å². The number of nitriles is 1. The largest absolute Gasteiger partial charge is 0.365 e. The molecular formula is C31H38F2N8O. The second-order valence-electron chi connectivity index (χ2n) is 12.1. The third-order valence-electron chi connectivity index (χ3n) is 9.29. The van der Waals surface area contributed by atoms with Crippen LogP contribution in [0.3, 0.4) is 0 Å². The molecule has 42 heavy (non-hydrogen) atoms. The van der Waals surface area contributed by atoms with Gasteiger partial charge in [0, 0.05) is 75.4 Å². The number of halogens is 2. The van der Waals surface area contributed by atoms with Gasteiger partial charge in [0.25, 0.3) is 0 Å². The summed E-state index contributed by atoms with van der Waals surface area (Å²) in [4.78, 5) is 33.1. The van der Waals surface area contributed by atoms with Crippen molar-refractivity contribution in [3.05, 3.63) is 53.5 Å². The highest BCUT2D eigenvalue weighted by atomic mass is 19.1. The molecule has 0 bridgehead atoms. The van der Waals surface area contributed by atoms with Crippen molar-refractivity contribution >= 4 is 23.4 Å². The number of rotatable bonds is 6. The Morgan fingerprint density at radius 3 is 2.71 bits per heavy atom. The summed E-state index contributed by atoms with van der Waals surface area (Å²) in [6.45, 7) is 7.11. The van der Waals surface area contributed by atoms with E-state index in [0.717, 1.165) is 47.8 Å². The lowest BCUT2D eigenvalue weighted by molar-refractivity contribution is -0.128. The Morgan fingerprint density at radius 1 is 1.17 bits per heavy atom. The van der Waals surface area contributed by atoms with Crippen molar-refractivity contribution in [3.63, 3.8) is 0 Å². The quantitative estimate of drug-likeness (QED) is 0.486. The highest BCUT2D eigenvalue weighted by Gasteiger charge is 2.38. The van der Waals surface area contributed by atoms with Crippen molar-refractivity contribution in [1.29, 1.82) is 5.26 Å². The molecule has 6 rings (SSSR count). The van der Waals surface area contributed by atoms with E-state index in [1.807, 2.05) is 4.90 Å². The fraction of sp³-hybridized carbons (Fsp3) is 0.548. The van der Waals surface area contributed by atoms with Gasteiger partial charge in [-0.3, -0.25) is 4.79 Å². The van der Waals surface area contributed by atoms with E-state index in [9.17, 15) is 18.8 Å². The van der Waals surface area contributed by atoms with Gasteiger partial charge in [0.05, 0.1) is 24.2 Å². The maximum absolute atomic E-state index is 14.9. The Bertz CT molecular complexity index is 1400. The average molecular weight is 577 g/mol. The Kier molecular flexibility index (Phi) is 7.75. The number of hydrogen-bond acceptors (Lipinski definition) is 8. The first-order valence-electron chi connectivity index (χ1n) is 14.8. The summed E-state index contributed by atoms with van der Waals surface area (Å²) in [5.74, 6) is 1.07. The van der Waals surface area contributed by atoms with Crippen molar-refractivity contribution in [3.8, 4) is 6.07 Å². The number of amides is 1. The first kappa shape index (κ1) is 28.3. The van der Waals surface area contributed by atoms with Crippen LogP contribution in [0.5, 0.6) is 0 Å². The van der Waals surface area contributed by atoms with Crippen LogP contribution in [-0.2, 0) is 24.1 Å². The van der Waals surface area contributed by atoms with Crippen LogP contribution in [-0.4, -0.2) is 103 Å². The lowest BCUT2D eigenvalue weighted by Crippen LogP contribution is -2.58. The molecule has 0 saturated carbocycles. The minimum atomic E-state index is -1.00. The van der Waals surface area contributed by atoms with Crippen molar-refractivity contribution in [2.24, 2.45) is 0 Å². The molecular weight excluding hydrogens is 538 g/mol. The first-order valence-corrected chi connectivity index (χ1v) is 14.8. The molecule has 0 spiro atoms. The number of carbonyl (C=O) groups excluding carboxylic acids is 1. The maximum atomic E-state index is 14.9. The van der Waals surface area contributed by atoms with E-state index in [1.54, 1.807) is 11.0 Å². The molecule has 9 nitrogen and oxygen atoms in total. The monoisotopic (exact) mass is 576 g/mol. The Labute approximate surface area is 246 Å². The van der Waals surface area contributed by atoms with Gasteiger partial charge in [0.2, 0.25) is 11.9 Å². The van der Waals surface area contributed by atoms with Crippen molar-refractivity contribution in [2.75, 3.05) is 68.1 Å². The first-order chi connectivity index (χ1) is 20.2. The molecule has 3 atom stereocenters. The van der Waals surface area contributed by atoms with E-state index in [4.69, 9.17) is 9.97 Å². The van der Waals surface area contributed by atoms with Crippen molar-refractivity contribution in [2.45, 2.75) is 56.4 Å². The molecule has 2 fully saturated rings. The summed E-state index contributed by atoms with van der Waals surface area (Å²) in [7, 11) is 4.14. The predicted molar refractivity (Wildman–Crippen MR) is 158 cm³/mol. The number of aromatic nitrogens is 2. The van der Waals surface area contributed by atoms with Gasteiger partial charge in [0.1, 0.15) is 17.8 Å². The number of hydrogen-bond donors (Lipinski definition) is 0. The molecule has 0 unspecified atom stereocenters. The van der Waals surface area contributed by atoms with Crippen LogP contribution in [0.15, 0.2) is 30.9 Å². The van der Waals surface area contributed by atoms with E-state index in [1.165, 1.54) is 18.2 Å². The second-order valence-corrected chi connectivity index (χ2v) is 12.1. The van der Waals surface area contributed by atoms with Crippen molar-refractivity contribution in [1.82, 2.24) is 19.8 Å². The van der Waals surface area contributed by atoms with Crippen LogP contribution in [0.25, 0.3) is 0 Å². The number of carbonyl (C=O) groups is 1. The molecule has 222 valence electrons. The summed E-state index contributed by atoms with van der Waals surface area (Å²) in [5, 5.41) is 9.50. The minimum Gasteiger partial charge on any atom is -0.365 e. The number of piperazine rings is 1. The zero-order valence-corrected chi connectivity index (χ0v) is 24.3. The van der Waals surface area contributed by atoms with Crippen LogP contribution in [0.4, 0.5) is 26.2 Å². The fourth-order valence-electron chi connectivity index (χ4n) is 6.85. The molecule has 0 N–H and O–H groups in total. The maximum Gasteiger partial charge on any atom is 0.246 e. The lowest BCUT2D eigenvalue weighted by atomic mass is 9.88. The smallest absolute Gasteiger partial charge is 0.246 e. The zero-order chi connectivity index (χ0) is 29.5. The third kappa shape index (κ3) is 5.28. The molecule has 1 aromatic heterocycles. The summed E-state index contributed by atoms with van der Waals surface area (Å²) in [5.41, 5.74) is 3.65. The van der Waals surface area contributed by atoms with Gasteiger partial charge in [-0.15, -0.1) is 0 Å². The topological polar surface area (TPSA) is 82.8 Å². The van der Waals surface area contributed by atoms with Gasteiger partial charge in [-0.05, 0) is 50.7 Å². The van der Waals surface area contributed by atoms with Crippen LogP contribution in [0.1, 0.15) is 29.7 Å². The number of alkyl halides is 1. The molecule has 11 heteroatoms. The zero-order valence-electron chi connectivity index (χ0n) is 24.3. The highest BCUT2D eigenvalue weighted by Crippen LogP contribution is 2.38. The van der Waals surface area contributed by atoms with Crippen LogP contribution < -0.4 is 14.7 Å². The number of nitrogens with zero attached hydrogens (tertiary/aromatic N) is 8. The molecule has 1 amide bonds. The molecule has 3 aliphatic heterocycles. The van der Waals surface area contributed by atoms with Gasteiger partial charge in [0.15, 0.2) is 0 Å². The fourth-order valence-corrected chi connectivity index (χ4v) is 6.85. The van der Waals surface area contributed by atoms with Crippen LogP contribution >= 0.6 is 0 Å². The molecule has 4 aliphatic rings. The van der Waals surface area contributed by atoms with Crippen LogP contribution in [0.2, 0.25) is 0 Å². The number of likely N-dealkylation sites (N-methyl/N-ethyl adjacent to an activating group) is 1. The molecule has 1 aromatic carbocycles. The van der Waals surface area contributed by atoms with E-state index >= 15 is 0 Å². The summed E-state index contributed by atoms with van der Waals surface area (Å²) < 4.78 is 29.2.